The van der Waals surface area contributed by atoms with E-state index in [0.29, 0.717) is 13.1 Å². The second kappa shape index (κ2) is 7.72. The number of thioether (sulfide) groups is 1. The lowest BCUT2D eigenvalue weighted by atomic mass is 10.2. The Kier molecular flexibility index (Phi) is 6.57. The molecule has 2 aromatic rings. The van der Waals surface area contributed by atoms with Crippen LogP contribution >= 0.6 is 24.2 Å². The van der Waals surface area contributed by atoms with E-state index in [1.54, 1.807) is 12.1 Å². The van der Waals surface area contributed by atoms with Gasteiger partial charge in [0.05, 0.1) is 5.69 Å². The summed E-state index contributed by atoms with van der Waals surface area (Å²) in [5.74, 6) is 0.746. The van der Waals surface area contributed by atoms with Crippen LogP contribution in [0.2, 0.25) is 0 Å². The Labute approximate surface area is 130 Å². The van der Waals surface area contributed by atoms with Crippen molar-refractivity contribution in [2.24, 2.45) is 0 Å². The summed E-state index contributed by atoms with van der Waals surface area (Å²) in [6, 6.07) is 8.12. The van der Waals surface area contributed by atoms with Crippen LogP contribution in [0.1, 0.15) is 17.0 Å². The molecule has 1 aromatic carbocycles. The summed E-state index contributed by atoms with van der Waals surface area (Å²) < 4.78 is 41.4. The zero-order valence-electron chi connectivity index (χ0n) is 11.1. The van der Waals surface area contributed by atoms with Crippen molar-refractivity contribution >= 4 is 24.2 Å². The smallest absolute Gasteiger partial charge is 0.361 e. The molecule has 116 valence electrons. The van der Waals surface area contributed by atoms with E-state index in [2.05, 4.69) is 10.5 Å². The van der Waals surface area contributed by atoms with Crippen molar-refractivity contribution < 1.29 is 17.7 Å². The SMILES string of the molecule is Cc1cc(CNCc2ccc(SC(F)(F)F)cc2)no1.Cl. The Morgan fingerprint density at radius 2 is 1.86 bits per heavy atom. The highest BCUT2D eigenvalue weighted by Crippen LogP contribution is 2.36. The molecule has 0 aliphatic carbocycles. The molecule has 0 atom stereocenters. The molecule has 0 unspecified atom stereocenters. The van der Waals surface area contributed by atoms with Crippen molar-refractivity contribution in [3.63, 3.8) is 0 Å². The van der Waals surface area contributed by atoms with Crippen LogP contribution in [-0.4, -0.2) is 10.7 Å². The normalized spacial score (nSPS) is 11.2. The van der Waals surface area contributed by atoms with Gasteiger partial charge in [0, 0.05) is 24.1 Å². The number of aryl methyl sites for hydroxylation is 1. The van der Waals surface area contributed by atoms with Gasteiger partial charge in [-0.2, -0.15) is 13.2 Å². The first-order valence-electron chi connectivity index (χ1n) is 5.90. The van der Waals surface area contributed by atoms with Crippen LogP contribution in [0.3, 0.4) is 0 Å². The predicted octanol–water partition coefficient (Wildman–Crippen LogP) is 4.31. The molecule has 0 fully saturated rings. The van der Waals surface area contributed by atoms with Crippen LogP contribution in [0.4, 0.5) is 13.2 Å². The lowest BCUT2D eigenvalue weighted by Crippen LogP contribution is -2.12. The molecule has 0 amide bonds. The lowest BCUT2D eigenvalue weighted by molar-refractivity contribution is -0.0328. The fraction of sp³-hybridized carbons (Fsp3) is 0.308. The van der Waals surface area contributed by atoms with Gasteiger partial charge in [0.1, 0.15) is 5.76 Å². The second-order valence-corrected chi connectivity index (χ2v) is 5.36. The lowest BCUT2D eigenvalue weighted by Gasteiger charge is -2.07. The number of aromatic nitrogens is 1. The van der Waals surface area contributed by atoms with Crippen molar-refractivity contribution in [1.29, 1.82) is 0 Å². The average molecular weight is 339 g/mol. The monoisotopic (exact) mass is 338 g/mol. The van der Waals surface area contributed by atoms with Crippen molar-refractivity contribution in [2.75, 3.05) is 0 Å². The number of nitrogens with zero attached hydrogens (tertiary/aromatic N) is 1. The maximum atomic E-state index is 12.2. The minimum atomic E-state index is -4.25. The first-order valence-corrected chi connectivity index (χ1v) is 6.71. The number of hydrogen-bond acceptors (Lipinski definition) is 4. The van der Waals surface area contributed by atoms with E-state index < -0.39 is 5.51 Å². The van der Waals surface area contributed by atoms with Gasteiger partial charge >= 0.3 is 5.51 Å². The summed E-state index contributed by atoms with van der Waals surface area (Å²) in [6.07, 6.45) is 0. The molecule has 0 spiro atoms. The van der Waals surface area contributed by atoms with Crippen LogP contribution in [0, 0.1) is 6.92 Å². The zero-order chi connectivity index (χ0) is 14.6. The number of benzene rings is 1. The fourth-order valence-electron chi connectivity index (χ4n) is 1.65. The molecule has 0 bridgehead atoms. The third-order valence-corrected chi connectivity index (χ3v) is 3.21. The minimum absolute atomic E-state index is 0. The number of hydrogen-bond donors (Lipinski definition) is 1. The Hall–Kier alpha value is -1.18. The van der Waals surface area contributed by atoms with E-state index in [9.17, 15) is 13.2 Å². The summed E-state index contributed by atoms with van der Waals surface area (Å²) >= 11 is -0.110. The van der Waals surface area contributed by atoms with Gasteiger partial charge in [-0.1, -0.05) is 17.3 Å². The Morgan fingerprint density at radius 3 is 2.38 bits per heavy atom. The third kappa shape index (κ3) is 6.41. The van der Waals surface area contributed by atoms with Crippen LogP contribution in [-0.2, 0) is 13.1 Å². The molecular weight excluding hydrogens is 325 g/mol. The molecular formula is C13H14ClF3N2OS. The summed E-state index contributed by atoms with van der Waals surface area (Å²) in [5, 5.41) is 6.98. The quantitative estimate of drug-likeness (QED) is 0.825. The van der Waals surface area contributed by atoms with Crippen LogP contribution in [0.15, 0.2) is 39.8 Å². The third-order valence-electron chi connectivity index (χ3n) is 2.47. The van der Waals surface area contributed by atoms with Gasteiger partial charge in [-0.25, -0.2) is 0 Å². The topological polar surface area (TPSA) is 38.1 Å². The van der Waals surface area contributed by atoms with E-state index in [1.165, 1.54) is 12.1 Å². The maximum Gasteiger partial charge on any atom is 0.446 e. The van der Waals surface area contributed by atoms with Crippen molar-refractivity contribution in [1.82, 2.24) is 10.5 Å². The molecule has 2 rings (SSSR count). The molecule has 1 heterocycles. The first kappa shape index (κ1) is 17.9. The summed E-state index contributed by atoms with van der Waals surface area (Å²) in [5.41, 5.74) is -2.53. The second-order valence-electron chi connectivity index (χ2n) is 4.22. The van der Waals surface area contributed by atoms with Gasteiger partial charge in [0.25, 0.3) is 0 Å². The standard InChI is InChI=1S/C13H13F3N2OS.ClH/c1-9-6-11(18-19-9)8-17-7-10-2-4-12(5-3-10)20-13(14,15)16;/h2-6,17H,7-8H2,1H3;1H. The number of alkyl halides is 3. The van der Waals surface area contributed by atoms with Gasteiger partial charge in [-0.15, -0.1) is 12.4 Å². The number of rotatable bonds is 5. The molecule has 3 nitrogen and oxygen atoms in total. The van der Waals surface area contributed by atoms with Gasteiger partial charge in [0.15, 0.2) is 0 Å². The van der Waals surface area contributed by atoms with Crippen LogP contribution in [0.5, 0.6) is 0 Å². The van der Waals surface area contributed by atoms with Gasteiger partial charge < -0.3 is 9.84 Å². The van der Waals surface area contributed by atoms with E-state index in [0.717, 1.165) is 17.0 Å². The zero-order valence-corrected chi connectivity index (χ0v) is 12.7. The van der Waals surface area contributed by atoms with E-state index >= 15 is 0 Å². The molecule has 0 aliphatic heterocycles. The Bertz CT molecular complexity index is 557. The predicted molar refractivity (Wildman–Crippen MR) is 77.4 cm³/mol. The first-order chi connectivity index (χ1) is 9.42. The molecule has 0 radical (unpaired) electrons. The highest BCUT2D eigenvalue weighted by Gasteiger charge is 2.28. The highest BCUT2D eigenvalue weighted by molar-refractivity contribution is 8.00. The maximum absolute atomic E-state index is 12.2. The molecule has 1 aromatic heterocycles. The van der Waals surface area contributed by atoms with Gasteiger partial charge in [0.2, 0.25) is 0 Å². The minimum Gasteiger partial charge on any atom is -0.361 e. The van der Waals surface area contributed by atoms with E-state index in [-0.39, 0.29) is 29.1 Å². The largest absolute Gasteiger partial charge is 0.446 e. The molecule has 0 saturated carbocycles. The van der Waals surface area contributed by atoms with Gasteiger partial charge in [-0.05, 0) is 36.4 Å². The van der Waals surface area contributed by atoms with Gasteiger partial charge in [-0.3, -0.25) is 0 Å². The van der Waals surface area contributed by atoms with Crippen LogP contribution < -0.4 is 5.32 Å². The number of nitrogens with one attached hydrogen (secondary N) is 1. The molecule has 8 heteroatoms. The fourth-order valence-corrected chi connectivity index (χ4v) is 2.18. The number of halogens is 4. The summed E-state index contributed by atoms with van der Waals surface area (Å²) in [4.78, 5) is 0.188. The summed E-state index contributed by atoms with van der Waals surface area (Å²) in [7, 11) is 0. The highest BCUT2D eigenvalue weighted by atomic mass is 35.5. The molecule has 21 heavy (non-hydrogen) atoms. The molecule has 0 aliphatic rings. The molecule has 0 saturated heterocycles. The van der Waals surface area contributed by atoms with Crippen molar-refractivity contribution in [3.05, 3.63) is 47.3 Å². The van der Waals surface area contributed by atoms with Crippen molar-refractivity contribution in [2.45, 2.75) is 30.4 Å². The van der Waals surface area contributed by atoms with E-state index in [1.807, 2.05) is 13.0 Å². The Balaban J connectivity index is 0.00000220. The van der Waals surface area contributed by atoms with E-state index in [4.69, 9.17) is 4.52 Å². The van der Waals surface area contributed by atoms with Crippen LogP contribution in [0.25, 0.3) is 0 Å². The Morgan fingerprint density at radius 1 is 1.19 bits per heavy atom. The molecule has 1 N–H and O–H groups in total. The average Bonchev–Trinajstić information content (AvgIpc) is 2.75. The van der Waals surface area contributed by atoms with Crippen molar-refractivity contribution in [3.8, 4) is 0 Å². The summed E-state index contributed by atoms with van der Waals surface area (Å²) in [6.45, 7) is 2.92.